The van der Waals surface area contributed by atoms with Gasteiger partial charge >= 0.3 is 0 Å². The number of rotatable bonds is 3. The van der Waals surface area contributed by atoms with Crippen molar-refractivity contribution in [1.82, 2.24) is 9.97 Å². The Balaban J connectivity index is 2.18. The largest absolute Gasteiger partial charge is 0.342 e. The number of aromatic amines is 1. The minimum atomic E-state index is 0.493. The summed E-state index contributed by atoms with van der Waals surface area (Å²) in [5, 5.41) is 8.49. The second-order valence-electron chi connectivity index (χ2n) is 3.41. The summed E-state index contributed by atoms with van der Waals surface area (Å²) in [6, 6.07) is 10.1. The molecule has 0 atom stereocenters. The fraction of sp³-hybridized carbons (Fsp3) is 0.167. The normalized spacial score (nSPS) is 10.0. The highest BCUT2D eigenvalue weighted by Gasteiger charge is 2.02. The average molecular weight is 276 g/mol. The van der Waals surface area contributed by atoms with Crippen molar-refractivity contribution in [1.29, 1.82) is 5.26 Å². The lowest BCUT2D eigenvalue weighted by Crippen LogP contribution is -1.86. The van der Waals surface area contributed by atoms with Crippen LogP contribution >= 0.6 is 15.9 Å². The maximum Gasteiger partial charge on any atom is 0.107 e. The zero-order chi connectivity index (χ0) is 11.4. The Labute approximate surface area is 102 Å². The van der Waals surface area contributed by atoms with Crippen molar-refractivity contribution < 1.29 is 0 Å². The molecule has 1 aromatic carbocycles. The number of hydrogen-bond donors (Lipinski definition) is 1. The van der Waals surface area contributed by atoms with Crippen molar-refractivity contribution in [2.45, 2.75) is 12.8 Å². The molecule has 0 bridgehead atoms. The molecule has 3 nitrogen and oxygen atoms in total. The van der Waals surface area contributed by atoms with Gasteiger partial charge in [0.25, 0.3) is 0 Å². The molecular formula is C12H10BrN3. The Bertz CT molecular complexity index is 508. The molecule has 0 aliphatic rings. The summed E-state index contributed by atoms with van der Waals surface area (Å²) in [7, 11) is 0. The van der Waals surface area contributed by atoms with E-state index in [4.69, 9.17) is 5.26 Å². The molecule has 0 fully saturated rings. The minimum Gasteiger partial charge on any atom is -0.342 e. The van der Waals surface area contributed by atoms with Crippen LogP contribution < -0.4 is 0 Å². The molecule has 2 rings (SSSR count). The molecule has 1 aromatic heterocycles. The predicted octanol–water partition coefficient (Wildman–Crippen LogP) is 3.30. The molecule has 0 aliphatic carbocycles. The SMILES string of the molecule is N#CCCc1ncc(-c2ccc(Br)cc2)[nH]1. The number of nitrogens with zero attached hydrogens (tertiary/aromatic N) is 2. The molecular weight excluding hydrogens is 266 g/mol. The van der Waals surface area contributed by atoms with E-state index in [0.717, 1.165) is 21.6 Å². The van der Waals surface area contributed by atoms with Gasteiger partial charge in [0.2, 0.25) is 0 Å². The first-order valence-corrected chi connectivity index (χ1v) is 5.75. The van der Waals surface area contributed by atoms with Crippen molar-refractivity contribution in [3.8, 4) is 17.3 Å². The molecule has 1 N–H and O–H groups in total. The maximum absolute atomic E-state index is 8.49. The van der Waals surface area contributed by atoms with Gasteiger partial charge in [-0.2, -0.15) is 5.26 Å². The molecule has 16 heavy (non-hydrogen) atoms. The van der Waals surface area contributed by atoms with E-state index in [9.17, 15) is 0 Å². The number of benzene rings is 1. The molecule has 0 aliphatic heterocycles. The summed E-state index contributed by atoms with van der Waals surface area (Å²) in [6.45, 7) is 0. The van der Waals surface area contributed by atoms with Crippen LogP contribution in [-0.2, 0) is 6.42 Å². The highest BCUT2D eigenvalue weighted by Crippen LogP contribution is 2.20. The van der Waals surface area contributed by atoms with Crippen molar-refractivity contribution in [3.63, 3.8) is 0 Å². The van der Waals surface area contributed by atoms with Gasteiger partial charge < -0.3 is 4.98 Å². The molecule has 2 aromatic rings. The second kappa shape index (κ2) is 4.95. The van der Waals surface area contributed by atoms with Gasteiger partial charge in [-0.1, -0.05) is 28.1 Å². The number of hydrogen-bond acceptors (Lipinski definition) is 2. The van der Waals surface area contributed by atoms with E-state index in [1.807, 2.05) is 24.3 Å². The van der Waals surface area contributed by atoms with Crippen LogP contribution in [-0.4, -0.2) is 9.97 Å². The van der Waals surface area contributed by atoms with E-state index >= 15 is 0 Å². The number of aromatic nitrogens is 2. The maximum atomic E-state index is 8.49. The van der Waals surface area contributed by atoms with Gasteiger partial charge in [0.15, 0.2) is 0 Å². The Morgan fingerprint density at radius 1 is 1.31 bits per heavy atom. The van der Waals surface area contributed by atoms with E-state index < -0.39 is 0 Å². The number of aryl methyl sites for hydroxylation is 1. The molecule has 80 valence electrons. The van der Waals surface area contributed by atoms with Crippen LogP contribution in [0.2, 0.25) is 0 Å². The molecule has 0 radical (unpaired) electrons. The quantitative estimate of drug-likeness (QED) is 0.935. The van der Waals surface area contributed by atoms with Crippen molar-refractivity contribution in [2.75, 3.05) is 0 Å². The third-order valence-corrected chi connectivity index (χ3v) is 2.79. The lowest BCUT2D eigenvalue weighted by molar-refractivity contribution is 0.918. The molecule has 1 heterocycles. The molecule has 0 amide bonds. The molecule has 0 unspecified atom stereocenters. The van der Waals surface area contributed by atoms with Gasteiger partial charge in [-0.05, 0) is 17.7 Å². The summed E-state index contributed by atoms with van der Waals surface area (Å²) in [5.41, 5.74) is 2.08. The molecule has 0 saturated carbocycles. The first-order valence-electron chi connectivity index (χ1n) is 4.96. The van der Waals surface area contributed by atoms with Gasteiger partial charge in [-0.25, -0.2) is 4.98 Å². The van der Waals surface area contributed by atoms with Gasteiger partial charge in [-0.15, -0.1) is 0 Å². The molecule has 4 heteroatoms. The number of nitriles is 1. The highest BCUT2D eigenvalue weighted by molar-refractivity contribution is 9.10. The zero-order valence-corrected chi connectivity index (χ0v) is 10.2. The first kappa shape index (κ1) is 10.9. The van der Waals surface area contributed by atoms with Gasteiger partial charge in [0.05, 0.1) is 18.0 Å². The lowest BCUT2D eigenvalue weighted by Gasteiger charge is -1.97. The summed E-state index contributed by atoms with van der Waals surface area (Å²) >= 11 is 3.40. The number of H-pyrrole nitrogens is 1. The Hall–Kier alpha value is -1.60. The van der Waals surface area contributed by atoms with Gasteiger partial charge in [0, 0.05) is 17.3 Å². The smallest absolute Gasteiger partial charge is 0.107 e. The van der Waals surface area contributed by atoms with E-state index in [1.165, 1.54) is 0 Å². The standard InChI is InChI=1S/C12H10BrN3/c13-10-5-3-9(4-6-10)11-8-15-12(16-11)2-1-7-14/h3-6,8H,1-2H2,(H,15,16). The first-order chi connectivity index (χ1) is 7.79. The predicted molar refractivity (Wildman–Crippen MR) is 65.7 cm³/mol. The van der Waals surface area contributed by atoms with Crippen LogP contribution in [0.1, 0.15) is 12.2 Å². The van der Waals surface area contributed by atoms with Crippen LogP contribution in [0.15, 0.2) is 34.9 Å². The molecule has 0 spiro atoms. The highest BCUT2D eigenvalue weighted by atomic mass is 79.9. The van der Waals surface area contributed by atoms with Crippen LogP contribution in [0.5, 0.6) is 0 Å². The van der Waals surface area contributed by atoms with E-state index in [0.29, 0.717) is 12.8 Å². The van der Waals surface area contributed by atoms with Gasteiger partial charge in [-0.3, -0.25) is 0 Å². The monoisotopic (exact) mass is 275 g/mol. The van der Waals surface area contributed by atoms with Gasteiger partial charge in [0.1, 0.15) is 5.82 Å². The number of imidazole rings is 1. The third-order valence-electron chi connectivity index (χ3n) is 2.26. The Kier molecular flexibility index (Phi) is 3.37. The fourth-order valence-electron chi connectivity index (χ4n) is 1.44. The van der Waals surface area contributed by atoms with E-state index in [2.05, 4.69) is 32.0 Å². The third kappa shape index (κ3) is 2.50. The van der Waals surface area contributed by atoms with Crippen molar-refractivity contribution in [3.05, 3.63) is 40.8 Å². The average Bonchev–Trinajstić information content (AvgIpc) is 2.76. The van der Waals surface area contributed by atoms with Crippen LogP contribution in [0.25, 0.3) is 11.3 Å². The van der Waals surface area contributed by atoms with Crippen LogP contribution in [0.4, 0.5) is 0 Å². The van der Waals surface area contributed by atoms with Crippen molar-refractivity contribution in [2.24, 2.45) is 0 Å². The number of nitrogens with one attached hydrogen (secondary N) is 1. The van der Waals surface area contributed by atoms with Crippen molar-refractivity contribution >= 4 is 15.9 Å². The zero-order valence-electron chi connectivity index (χ0n) is 8.57. The summed E-state index contributed by atoms with van der Waals surface area (Å²) in [4.78, 5) is 7.44. The number of halogens is 1. The summed E-state index contributed by atoms with van der Waals surface area (Å²) in [5.74, 6) is 0.861. The second-order valence-corrected chi connectivity index (χ2v) is 4.32. The van der Waals surface area contributed by atoms with E-state index in [1.54, 1.807) is 6.20 Å². The van der Waals surface area contributed by atoms with Crippen LogP contribution in [0.3, 0.4) is 0 Å². The molecule has 0 saturated heterocycles. The summed E-state index contributed by atoms with van der Waals surface area (Å²) < 4.78 is 1.06. The topological polar surface area (TPSA) is 52.5 Å². The minimum absolute atomic E-state index is 0.493. The fourth-order valence-corrected chi connectivity index (χ4v) is 1.70. The van der Waals surface area contributed by atoms with Crippen LogP contribution in [0, 0.1) is 11.3 Å². The Morgan fingerprint density at radius 3 is 2.75 bits per heavy atom. The summed E-state index contributed by atoms with van der Waals surface area (Å²) in [6.07, 6.45) is 2.97. The lowest BCUT2D eigenvalue weighted by atomic mass is 10.2. The Morgan fingerprint density at radius 2 is 2.06 bits per heavy atom. The van der Waals surface area contributed by atoms with E-state index in [-0.39, 0.29) is 0 Å².